The van der Waals surface area contributed by atoms with Gasteiger partial charge in [-0.15, -0.1) is 0 Å². The Bertz CT molecular complexity index is 304. The minimum atomic E-state index is -4.67. The Kier molecular flexibility index (Phi) is 34.6. The van der Waals surface area contributed by atoms with Crippen LogP contribution in [0.15, 0.2) is 0 Å². The second-order valence-electron chi connectivity index (χ2n) is 6.47. The summed E-state index contributed by atoms with van der Waals surface area (Å²) >= 11 is 0. The van der Waals surface area contributed by atoms with Crippen LogP contribution in [0, 0.1) is 0 Å². The SMILES string of the molecule is CCCCCCCCCCCCCCCCCCO.N.N.O=S(=O)(O)O. The summed E-state index contributed by atoms with van der Waals surface area (Å²) in [7, 11) is -4.67. The van der Waals surface area contributed by atoms with Crippen LogP contribution >= 0.6 is 0 Å². The van der Waals surface area contributed by atoms with Crippen LogP contribution in [-0.4, -0.2) is 29.2 Å². The molecule has 0 aromatic heterocycles. The molecule has 0 bridgehead atoms. The fraction of sp³-hybridized carbons (Fsp3) is 1.00. The molecule has 0 radical (unpaired) electrons. The molecule has 0 aliphatic carbocycles. The van der Waals surface area contributed by atoms with E-state index in [-0.39, 0.29) is 12.3 Å². The molecule has 9 N–H and O–H groups in total. The first-order chi connectivity index (χ1) is 11.4. The quantitative estimate of drug-likeness (QED) is 0.158. The first-order valence-corrected chi connectivity index (χ1v) is 11.1. The van der Waals surface area contributed by atoms with Crippen LogP contribution in [0.2, 0.25) is 0 Å². The molecule has 0 spiro atoms. The van der Waals surface area contributed by atoms with Crippen LogP contribution in [0.25, 0.3) is 0 Å². The summed E-state index contributed by atoms with van der Waals surface area (Å²) in [5, 5.41) is 8.67. The summed E-state index contributed by atoms with van der Waals surface area (Å²) in [6.07, 6.45) is 22.2. The summed E-state index contributed by atoms with van der Waals surface area (Å²) in [6, 6.07) is 0. The monoisotopic (exact) mass is 402 g/mol. The molecule has 164 valence electrons. The third-order valence-corrected chi connectivity index (χ3v) is 4.01. The van der Waals surface area contributed by atoms with Gasteiger partial charge in [0.05, 0.1) is 0 Å². The van der Waals surface area contributed by atoms with Crippen molar-refractivity contribution in [1.29, 1.82) is 0 Å². The predicted molar refractivity (Wildman–Crippen MR) is 111 cm³/mol. The zero-order valence-electron chi connectivity index (χ0n) is 17.0. The lowest BCUT2D eigenvalue weighted by molar-refractivity contribution is 0.282. The van der Waals surface area contributed by atoms with Gasteiger partial charge in [-0.3, -0.25) is 9.11 Å². The van der Waals surface area contributed by atoms with Gasteiger partial charge in [-0.05, 0) is 6.42 Å². The Labute approximate surface area is 162 Å². The number of hydrogen-bond acceptors (Lipinski definition) is 5. The van der Waals surface area contributed by atoms with Gasteiger partial charge in [0.2, 0.25) is 0 Å². The molecule has 7 nitrogen and oxygen atoms in total. The van der Waals surface area contributed by atoms with Gasteiger partial charge in [0.15, 0.2) is 0 Å². The number of aliphatic hydroxyl groups is 1. The zero-order valence-corrected chi connectivity index (χ0v) is 17.8. The van der Waals surface area contributed by atoms with Gasteiger partial charge in [0.1, 0.15) is 0 Å². The highest BCUT2D eigenvalue weighted by molar-refractivity contribution is 7.79. The molecule has 26 heavy (non-hydrogen) atoms. The van der Waals surface area contributed by atoms with Crippen LogP contribution in [0.5, 0.6) is 0 Å². The van der Waals surface area contributed by atoms with Crippen LogP contribution < -0.4 is 12.3 Å². The van der Waals surface area contributed by atoms with Gasteiger partial charge in [-0.2, -0.15) is 8.42 Å². The number of aliphatic hydroxyl groups excluding tert-OH is 1. The predicted octanol–water partition coefficient (Wildman–Crippen LogP) is 5.91. The van der Waals surface area contributed by atoms with E-state index in [9.17, 15) is 0 Å². The van der Waals surface area contributed by atoms with E-state index in [0.717, 1.165) is 6.42 Å². The van der Waals surface area contributed by atoms with Crippen molar-refractivity contribution >= 4 is 10.4 Å². The van der Waals surface area contributed by atoms with Gasteiger partial charge >= 0.3 is 10.4 Å². The standard InChI is InChI=1S/C18H38O.2H3N.H2O4S/c1-2-3-4-5-6-7-8-9-10-11-12-13-14-15-16-17-18-19;;;1-5(2,3)4/h19H,2-18H2,1H3;2*1H3;(H2,1,2,3,4). The Morgan fingerprint density at radius 1 is 0.538 bits per heavy atom. The van der Waals surface area contributed by atoms with Gasteiger partial charge in [0.25, 0.3) is 0 Å². The topological polar surface area (TPSA) is 165 Å². The molecule has 0 aromatic rings. The molecule has 0 unspecified atom stereocenters. The van der Waals surface area contributed by atoms with E-state index in [1.165, 1.54) is 96.3 Å². The van der Waals surface area contributed by atoms with Gasteiger partial charge < -0.3 is 17.4 Å². The van der Waals surface area contributed by atoms with E-state index in [0.29, 0.717) is 6.61 Å². The zero-order chi connectivity index (χ0) is 18.5. The van der Waals surface area contributed by atoms with Crippen molar-refractivity contribution in [3.05, 3.63) is 0 Å². The van der Waals surface area contributed by atoms with Gasteiger partial charge in [-0.1, -0.05) is 103 Å². The smallest absolute Gasteiger partial charge is 0.394 e. The van der Waals surface area contributed by atoms with E-state index in [1.807, 2.05) is 0 Å². The molecule has 0 atom stereocenters. The van der Waals surface area contributed by atoms with E-state index in [2.05, 4.69) is 6.92 Å². The van der Waals surface area contributed by atoms with E-state index < -0.39 is 10.4 Å². The fourth-order valence-corrected chi connectivity index (χ4v) is 2.66. The fourth-order valence-electron chi connectivity index (χ4n) is 2.66. The normalized spacial score (nSPS) is 10.3. The van der Waals surface area contributed by atoms with E-state index in [1.54, 1.807) is 0 Å². The number of rotatable bonds is 16. The summed E-state index contributed by atoms with van der Waals surface area (Å²) in [4.78, 5) is 0. The third kappa shape index (κ3) is 49.6. The maximum Gasteiger partial charge on any atom is 0.394 e. The lowest BCUT2D eigenvalue weighted by Crippen LogP contribution is -1.89. The Morgan fingerprint density at radius 3 is 0.923 bits per heavy atom. The highest BCUT2D eigenvalue weighted by Crippen LogP contribution is 2.13. The Balaban J connectivity index is -0.000000304. The molecule has 0 saturated carbocycles. The Morgan fingerprint density at radius 2 is 0.731 bits per heavy atom. The molecular weight excluding hydrogens is 356 g/mol. The molecule has 0 fully saturated rings. The summed E-state index contributed by atoms with van der Waals surface area (Å²) < 4.78 is 31.6. The average molecular weight is 403 g/mol. The van der Waals surface area contributed by atoms with Crippen molar-refractivity contribution in [1.82, 2.24) is 12.3 Å². The minimum Gasteiger partial charge on any atom is -0.396 e. The van der Waals surface area contributed by atoms with E-state index in [4.69, 9.17) is 22.6 Å². The van der Waals surface area contributed by atoms with Crippen molar-refractivity contribution in [2.45, 2.75) is 110 Å². The summed E-state index contributed by atoms with van der Waals surface area (Å²) in [5.41, 5.74) is 0. The van der Waals surface area contributed by atoms with Crippen molar-refractivity contribution in [3.63, 3.8) is 0 Å². The third-order valence-electron chi connectivity index (χ3n) is 4.01. The van der Waals surface area contributed by atoms with Crippen molar-refractivity contribution in [2.75, 3.05) is 6.61 Å². The first-order valence-electron chi connectivity index (χ1n) is 9.72. The highest BCUT2D eigenvalue weighted by Gasteiger charge is 1.94. The van der Waals surface area contributed by atoms with Gasteiger partial charge in [0, 0.05) is 6.61 Å². The molecule has 0 aromatic carbocycles. The molecule has 0 rings (SSSR count). The molecule has 0 saturated heterocycles. The summed E-state index contributed by atoms with van der Waals surface area (Å²) in [5.74, 6) is 0. The largest absolute Gasteiger partial charge is 0.396 e. The van der Waals surface area contributed by atoms with Crippen LogP contribution in [0.1, 0.15) is 110 Å². The average Bonchev–Trinajstić information content (AvgIpc) is 2.49. The number of hydrogen-bond donors (Lipinski definition) is 5. The highest BCUT2D eigenvalue weighted by atomic mass is 32.3. The molecule has 0 aliphatic rings. The summed E-state index contributed by atoms with van der Waals surface area (Å²) in [6.45, 7) is 2.66. The van der Waals surface area contributed by atoms with Crippen LogP contribution in [0.4, 0.5) is 0 Å². The lowest BCUT2D eigenvalue weighted by Gasteiger charge is -2.03. The van der Waals surface area contributed by atoms with Crippen LogP contribution in [0.3, 0.4) is 0 Å². The molecular formula is C18H46N2O5S. The second-order valence-corrected chi connectivity index (χ2v) is 7.37. The molecule has 0 amide bonds. The lowest BCUT2D eigenvalue weighted by atomic mass is 10.0. The van der Waals surface area contributed by atoms with Crippen molar-refractivity contribution in [2.24, 2.45) is 0 Å². The van der Waals surface area contributed by atoms with E-state index >= 15 is 0 Å². The molecule has 8 heteroatoms. The van der Waals surface area contributed by atoms with Crippen molar-refractivity contribution < 1.29 is 22.6 Å². The molecule has 0 heterocycles. The minimum absolute atomic E-state index is 0. The second kappa shape index (κ2) is 27.0. The van der Waals surface area contributed by atoms with Gasteiger partial charge in [-0.25, -0.2) is 0 Å². The maximum absolute atomic E-state index is 8.74. The van der Waals surface area contributed by atoms with Crippen molar-refractivity contribution in [3.8, 4) is 0 Å². The molecule has 0 aliphatic heterocycles. The number of unbranched alkanes of at least 4 members (excludes halogenated alkanes) is 15. The Hall–Kier alpha value is -0.250. The van der Waals surface area contributed by atoms with Crippen LogP contribution in [-0.2, 0) is 10.4 Å². The first kappa shape index (κ1) is 33.3. The maximum atomic E-state index is 8.74.